The Balaban J connectivity index is 1.41. The molecule has 214 valence electrons. The van der Waals surface area contributed by atoms with E-state index in [1.165, 1.54) is 17.0 Å². The molecule has 0 aliphatic carbocycles. The Morgan fingerprint density at radius 3 is 2.83 bits per heavy atom. The van der Waals surface area contributed by atoms with Crippen LogP contribution in [0.3, 0.4) is 0 Å². The van der Waals surface area contributed by atoms with Gasteiger partial charge in [-0.25, -0.2) is 14.5 Å². The molecule has 0 unspecified atom stereocenters. The van der Waals surface area contributed by atoms with Gasteiger partial charge in [-0.2, -0.15) is 13.9 Å². The van der Waals surface area contributed by atoms with Gasteiger partial charge in [-0.05, 0) is 36.2 Å². The number of alkyl halides is 2. The Labute approximate surface area is 237 Å². The van der Waals surface area contributed by atoms with Crippen molar-refractivity contribution in [3.63, 3.8) is 0 Å². The van der Waals surface area contributed by atoms with E-state index >= 15 is 0 Å². The Hall–Kier alpha value is -4.03. The number of hydrogen-bond donors (Lipinski definition) is 1. The van der Waals surface area contributed by atoms with Crippen LogP contribution in [0.4, 0.5) is 13.6 Å². The molecule has 2 atom stereocenters. The van der Waals surface area contributed by atoms with Crippen molar-refractivity contribution in [1.29, 1.82) is 0 Å². The molecule has 1 N–H and O–H groups in total. The van der Waals surface area contributed by atoms with Gasteiger partial charge >= 0.3 is 12.6 Å². The van der Waals surface area contributed by atoms with Gasteiger partial charge in [0.1, 0.15) is 24.3 Å². The number of hydrogen-bond acceptors (Lipinski definition) is 7. The third kappa shape index (κ3) is 5.13. The summed E-state index contributed by atoms with van der Waals surface area (Å²) in [5.74, 6) is 0.780. The molecule has 13 heteroatoms. The zero-order valence-electron chi connectivity index (χ0n) is 22.0. The number of amides is 1. The fraction of sp³-hybridized carbons (Fsp3) is 0.357. The van der Waals surface area contributed by atoms with Gasteiger partial charge in [0.25, 0.3) is 5.56 Å². The summed E-state index contributed by atoms with van der Waals surface area (Å²) in [6, 6.07) is 8.32. The molecule has 0 spiro atoms. The molecule has 2 aromatic heterocycles. The average molecular weight is 586 g/mol. The number of rotatable bonds is 7. The second-order valence-electron chi connectivity index (χ2n) is 10.2. The van der Waals surface area contributed by atoms with Crippen LogP contribution in [0.15, 0.2) is 47.5 Å². The molecule has 6 rings (SSSR count). The van der Waals surface area contributed by atoms with Crippen molar-refractivity contribution in [2.75, 3.05) is 13.2 Å². The number of ether oxygens (including phenoxy) is 2. The van der Waals surface area contributed by atoms with E-state index in [-0.39, 0.29) is 43.6 Å². The van der Waals surface area contributed by atoms with E-state index in [0.29, 0.717) is 68.3 Å². The summed E-state index contributed by atoms with van der Waals surface area (Å²) in [5, 5.41) is 14.1. The van der Waals surface area contributed by atoms with E-state index in [4.69, 9.17) is 21.1 Å². The van der Waals surface area contributed by atoms with Crippen LogP contribution in [0.1, 0.15) is 36.3 Å². The number of halogens is 3. The number of aliphatic hydroxyl groups is 1. The lowest BCUT2D eigenvalue weighted by atomic mass is 10.0. The first kappa shape index (κ1) is 27.2. The van der Waals surface area contributed by atoms with Crippen molar-refractivity contribution in [3.8, 4) is 16.9 Å². The van der Waals surface area contributed by atoms with Crippen molar-refractivity contribution in [1.82, 2.24) is 24.2 Å². The topological polar surface area (TPSA) is 112 Å². The summed E-state index contributed by atoms with van der Waals surface area (Å²) < 4.78 is 40.3. The molecule has 2 aliphatic rings. The number of nitrogens with zero attached hydrogens (tertiary/aromatic N) is 5. The number of fused-ring (bicyclic) bond motifs is 2. The van der Waals surface area contributed by atoms with Gasteiger partial charge in [0, 0.05) is 41.7 Å². The maximum atomic E-state index is 13.8. The molecule has 4 heterocycles. The molecule has 1 amide bonds. The smallest absolute Gasteiger partial charge is 0.410 e. The fourth-order valence-electron chi connectivity index (χ4n) is 5.43. The van der Waals surface area contributed by atoms with Gasteiger partial charge < -0.3 is 19.5 Å². The standard InChI is InChI=1S/C28H26ClF2N5O5/c1-15-33-24-8-21(18-10-32-36(12-18)27(30)31)25(41-20-4-5-34-19(7-20)14-40-28(34)39)9-22(24)26(38)35(15)11-16-2-3-23(29)17(6-16)13-37/h2-3,6,8-10,12,19-20,27,37H,4-5,7,11,13-14H2,1H3/t19-,20-/m0/s1. The van der Waals surface area contributed by atoms with Crippen LogP contribution in [0.5, 0.6) is 5.75 Å². The highest BCUT2D eigenvalue weighted by Crippen LogP contribution is 2.36. The molecule has 2 fully saturated rings. The quantitative estimate of drug-likeness (QED) is 0.339. The van der Waals surface area contributed by atoms with E-state index in [9.17, 15) is 23.5 Å². The lowest BCUT2D eigenvalue weighted by Crippen LogP contribution is -2.44. The number of carbonyl (C=O) groups excluding carboxylic acids is 1. The monoisotopic (exact) mass is 585 g/mol. The molecule has 4 aromatic rings. The number of aromatic nitrogens is 4. The largest absolute Gasteiger partial charge is 0.490 e. The van der Waals surface area contributed by atoms with Gasteiger partial charge in [-0.1, -0.05) is 23.7 Å². The minimum Gasteiger partial charge on any atom is -0.490 e. The van der Waals surface area contributed by atoms with Crippen LogP contribution in [-0.4, -0.2) is 60.7 Å². The average Bonchev–Trinajstić information content (AvgIpc) is 3.59. The summed E-state index contributed by atoms with van der Waals surface area (Å²) in [6.07, 6.45) is 2.98. The van der Waals surface area contributed by atoms with E-state index in [1.807, 2.05) is 0 Å². The van der Waals surface area contributed by atoms with E-state index in [0.717, 1.165) is 5.56 Å². The lowest BCUT2D eigenvalue weighted by Gasteiger charge is -2.33. The first-order valence-corrected chi connectivity index (χ1v) is 13.5. The summed E-state index contributed by atoms with van der Waals surface area (Å²) in [5.41, 5.74) is 2.25. The van der Waals surface area contributed by atoms with Gasteiger partial charge in [-0.15, -0.1) is 0 Å². The third-order valence-electron chi connectivity index (χ3n) is 7.58. The number of carbonyl (C=O) groups is 1. The summed E-state index contributed by atoms with van der Waals surface area (Å²) in [4.78, 5) is 32.0. The summed E-state index contributed by atoms with van der Waals surface area (Å²) >= 11 is 6.13. The molecule has 41 heavy (non-hydrogen) atoms. The first-order valence-electron chi connectivity index (χ1n) is 13.1. The molecule has 0 bridgehead atoms. The van der Waals surface area contributed by atoms with Crippen LogP contribution in [-0.2, 0) is 17.9 Å². The number of cyclic esters (lactones) is 1. The number of aliphatic hydroxyl groups excluding tert-OH is 1. The summed E-state index contributed by atoms with van der Waals surface area (Å²) in [7, 11) is 0. The van der Waals surface area contributed by atoms with Gasteiger partial charge in [0.15, 0.2) is 0 Å². The third-order valence-corrected chi connectivity index (χ3v) is 7.94. The Kier molecular flexibility index (Phi) is 7.12. The van der Waals surface area contributed by atoms with E-state index < -0.39 is 6.55 Å². The fourth-order valence-corrected chi connectivity index (χ4v) is 5.61. The van der Waals surface area contributed by atoms with Crippen molar-refractivity contribution < 1.29 is 28.2 Å². The highest BCUT2D eigenvalue weighted by atomic mass is 35.5. The highest BCUT2D eigenvalue weighted by Gasteiger charge is 2.39. The van der Waals surface area contributed by atoms with Crippen molar-refractivity contribution in [3.05, 3.63) is 75.1 Å². The molecular formula is C28H26ClF2N5O5. The molecule has 0 radical (unpaired) electrons. The molecule has 2 aromatic carbocycles. The van der Waals surface area contributed by atoms with Gasteiger partial charge in [0.05, 0.1) is 36.3 Å². The van der Waals surface area contributed by atoms with E-state index in [1.54, 1.807) is 42.2 Å². The zero-order chi connectivity index (χ0) is 28.8. The minimum absolute atomic E-state index is 0.114. The maximum Gasteiger partial charge on any atom is 0.410 e. The molecule has 2 aliphatic heterocycles. The predicted molar refractivity (Wildman–Crippen MR) is 145 cm³/mol. The normalized spacial score (nSPS) is 18.7. The van der Waals surface area contributed by atoms with Gasteiger partial charge in [-0.3, -0.25) is 9.36 Å². The number of aryl methyl sites for hydroxylation is 1. The van der Waals surface area contributed by atoms with Crippen LogP contribution >= 0.6 is 11.6 Å². The predicted octanol–water partition coefficient (Wildman–Crippen LogP) is 4.52. The van der Waals surface area contributed by atoms with Crippen molar-refractivity contribution in [2.45, 2.75) is 51.6 Å². The molecule has 2 saturated heterocycles. The maximum absolute atomic E-state index is 13.8. The summed E-state index contributed by atoms with van der Waals surface area (Å²) in [6.45, 7) is -0.398. The zero-order valence-corrected chi connectivity index (χ0v) is 22.7. The van der Waals surface area contributed by atoms with Crippen LogP contribution < -0.4 is 10.3 Å². The number of piperidine rings is 1. The van der Waals surface area contributed by atoms with Crippen molar-refractivity contribution in [2.24, 2.45) is 0 Å². The van der Waals surface area contributed by atoms with Crippen LogP contribution in [0.25, 0.3) is 22.0 Å². The molecule has 10 nitrogen and oxygen atoms in total. The second kappa shape index (κ2) is 10.7. The molecular weight excluding hydrogens is 560 g/mol. The SMILES string of the molecule is Cc1nc2cc(-c3cnn(C(F)F)c3)c(O[C@H]3CCN4C(=O)OC[C@@H]4C3)cc2c(=O)n1Cc1ccc(Cl)c(CO)c1. The Morgan fingerprint density at radius 1 is 1.24 bits per heavy atom. The van der Waals surface area contributed by atoms with Crippen LogP contribution in [0.2, 0.25) is 5.02 Å². The highest BCUT2D eigenvalue weighted by molar-refractivity contribution is 6.31. The minimum atomic E-state index is -2.82. The van der Waals surface area contributed by atoms with Crippen molar-refractivity contribution >= 4 is 28.6 Å². The first-order chi connectivity index (χ1) is 19.7. The number of benzene rings is 2. The Bertz CT molecular complexity index is 1710. The second-order valence-corrected chi connectivity index (χ2v) is 10.6. The Morgan fingerprint density at radius 2 is 2.07 bits per heavy atom. The van der Waals surface area contributed by atoms with E-state index in [2.05, 4.69) is 10.1 Å². The van der Waals surface area contributed by atoms with Crippen LogP contribution in [0, 0.1) is 6.92 Å². The lowest BCUT2D eigenvalue weighted by molar-refractivity contribution is 0.0566. The molecule has 0 saturated carbocycles. The van der Waals surface area contributed by atoms with Gasteiger partial charge in [0.2, 0.25) is 0 Å².